The van der Waals surface area contributed by atoms with Crippen molar-refractivity contribution in [2.75, 3.05) is 4.90 Å². The molecule has 0 saturated carbocycles. The van der Waals surface area contributed by atoms with Crippen molar-refractivity contribution in [1.82, 2.24) is 0 Å². The van der Waals surface area contributed by atoms with E-state index in [4.69, 9.17) is 4.42 Å². The average molecular weight is 800 g/mol. The van der Waals surface area contributed by atoms with Gasteiger partial charge in [0.15, 0.2) is 0 Å². The minimum Gasteiger partial charge on any atom is -0.456 e. The van der Waals surface area contributed by atoms with Gasteiger partial charge >= 0.3 is 0 Å². The highest BCUT2D eigenvalue weighted by molar-refractivity contribution is 6.34. The van der Waals surface area contributed by atoms with Gasteiger partial charge in [0.05, 0.1) is 5.41 Å². The van der Waals surface area contributed by atoms with E-state index in [1.54, 1.807) is 0 Å². The number of anilines is 3. The molecule has 0 radical (unpaired) electrons. The molecule has 14 rings (SSSR count). The molecule has 2 heteroatoms. The summed E-state index contributed by atoms with van der Waals surface area (Å²) in [6.45, 7) is 0. The van der Waals surface area contributed by atoms with Gasteiger partial charge in [-0.2, -0.15) is 0 Å². The van der Waals surface area contributed by atoms with Gasteiger partial charge in [-0.05, 0) is 143 Å². The van der Waals surface area contributed by atoms with Crippen molar-refractivity contribution in [1.29, 1.82) is 0 Å². The van der Waals surface area contributed by atoms with Crippen molar-refractivity contribution in [2.45, 2.75) is 5.41 Å². The Morgan fingerprint density at radius 1 is 0.286 bits per heavy atom. The Kier molecular flexibility index (Phi) is 7.07. The third-order valence-electron chi connectivity index (χ3n) is 14.0. The van der Waals surface area contributed by atoms with Crippen LogP contribution in [0, 0.1) is 0 Å². The molecule has 1 spiro atoms. The average Bonchev–Trinajstić information content (AvgIpc) is 3.98. The van der Waals surface area contributed by atoms with Gasteiger partial charge in [-0.1, -0.05) is 164 Å². The molecule has 11 aromatic carbocycles. The number of hydrogen-bond acceptors (Lipinski definition) is 2. The van der Waals surface area contributed by atoms with Crippen molar-refractivity contribution >= 4 is 71.3 Å². The summed E-state index contributed by atoms with van der Waals surface area (Å²) < 4.78 is 6.42. The zero-order valence-corrected chi connectivity index (χ0v) is 34.2. The van der Waals surface area contributed by atoms with E-state index in [0.29, 0.717) is 0 Å². The molecule has 0 saturated heterocycles. The summed E-state index contributed by atoms with van der Waals surface area (Å²) in [5.41, 5.74) is 17.7. The van der Waals surface area contributed by atoms with Crippen molar-refractivity contribution in [3.8, 4) is 33.4 Å². The Bertz CT molecular complexity index is 3810. The van der Waals surface area contributed by atoms with Crippen LogP contribution >= 0.6 is 0 Å². The van der Waals surface area contributed by atoms with E-state index >= 15 is 0 Å². The molecule has 0 unspecified atom stereocenters. The fourth-order valence-electron chi connectivity index (χ4n) is 11.5. The molecule has 12 aromatic rings. The van der Waals surface area contributed by atoms with Crippen molar-refractivity contribution in [2.24, 2.45) is 0 Å². The molecule has 1 heterocycles. The van der Waals surface area contributed by atoms with Gasteiger partial charge < -0.3 is 9.32 Å². The van der Waals surface area contributed by atoms with Crippen molar-refractivity contribution in [3.05, 3.63) is 247 Å². The maximum atomic E-state index is 6.42. The lowest BCUT2D eigenvalue weighted by molar-refractivity contribution is 0.669. The maximum absolute atomic E-state index is 6.42. The van der Waals surface area contributed by atoms with Gasteiger partial charge in [0.1, 0.15) is 11.2 Å². The first-order valence-electron chi connectivity index (χ1n) is 21.8. The third-order valence-corrected chi connectivity index (χ3v) is 14.0. The van der Waals surface area contributed by atoms with E-state index in [2.05, 4.69) is 223 Å². The van der Waals surface area contributed by atoms with Gasteiger partial charge in [0.25, 0.3) is 0 Å². The largest absolute Gasteiger partial charge is 0.456 e. The smallest absolute Gasteiger partial charge is 0.136 e. The van der Waals surface area contributed by atoms with E-state index < -0.39 is 5.41 Å². The third kappa shape index (κ3) is 4.67. The second-order valence-corrected chi connectivity index (χ2v) is 17.1. The molecule has 0 N–H and O–H groups in total. The lowest BCUT2D eigenvalue weighted by Gasteiger charge is -2.32. The molecule has 0 aliphatic heterocycles. The molecular formula is C61H37NO. The number of para-hydroxylation sites is 2. The van der Waals surface area contributed by atoms with E-state index in [1.807, 2.05) is 6.07 Å². The fourth-order valence-corrected chi connectivity index (χ4v) is 11.5. The molecule has 2 nitrogen and oxygen atoms in total. The van der Waals surface area contributed by atoms with Crippen LogP contribution in [0.25, 0.3) is 87.6 Å². The lowest BCUT2D eigenvalue weighted by atomic mass is 9.70. The van der Waals surface area contributed by atoms with Crippen LogP contribution < -0.4 is 4.90 Å². The first-order chi connectivity index (χ1) is 31.3. The van der Waals surface area contributed by atoms with Gasteiger partial charge in [-0.25, -0.2) is 0 Å². The van der Waals surface area contributed by atoms with Crippen LogP contribution in [0.1, 0.15) is 22.3 Å². The molecule has 0 bridgehead atoms. The highest BCUT2D eigenvalue weighted by atomic mass is 16.3. The summed E-state index contributed by atoms with van der Waals surface area (Å²) in [7, 11) is 0. The number of rotatable bonds is 4. The number of nitrogens with zero attached hydrogens (tertiary/aromatic N) is 1. The summed E-state index contributed by atoms with van der Waals surface area (Å²) >= 11 is 0. The van der Waals surface area contributed by atoms with Crippen LogP contribution in [0.15, 0.2) is 229 Å². The van der Waals surface area contributed by atoms with Gasteiger partial charge in [0, 0.05) is 33.2 Å². The topological polar surface area (TPSA) is 16.4 Å². The Labute approximate surface area is 364 Å². The molecule has 2 aliphatic carbocycles. The second kappa shape index (κ2) is 12.9. The molecular weight excluding hydrogens is 763 g/mol. The molecule has 1 aromatic heterocycles. The Hall–Kier alpha value is -8.20. The molecule has 0 amide bonds. The number of fused-ring (bicyclic) bond motifs is 20. The van der Waals surface area contributed by atoms with Gasteiger partial charge in [0.2, 0.25) is 0 Å². The minimum absolute atomic E-state index is 0.425. The van der Waals surface area contributed by atoms with Crippen LogP contribution in [0.3, 0.4) is 0 Å². The summed E-state index contributed by atoms with van der Waals surface area (Å²) in [6.07, 6.45) is 0. The van der Waals surface area contributed by atoms with E-state index in [0.717, 1.165) is 39.2 Å². The highest BCUT2D eigenvalue weighted by Gasteiger charge is 2.51. The van der Waals surface area contributed by atoms with Crippen LogP contribution in [-0.2, 0) is 5.41 Å². The molecule has 0 fully saturated rings. The zero-order valence-electron chi connectivity index (χ0n) is 34.2. The first kappa shape index (κ1) is 34.5. The molecule has 0 atom stereocenters. The van der Waals surface area contributed by atoms with Crippen molar-refractivity contribution in [3.63, 3.8) is 0 Å². The maximum Gasteiger partial charge on any atom is 0.136 e. The van der Waals surface area contributed by atoms with E-state index in [-0.39, 0.29) is 0 Å². The van der Waals surface area contributed by atoms with Crippen LogP contribution in [0.4, 0.5) is 17.1 Å². The van der Waals surface area contributed by atoms with Crippen LogP contribution in [0.2, 0.25) is 0 Å². The van der Waals surface area contributed by atoms with E-state index in [1.165, 1.54) is 87.8 Å². The summed E-state index contributed by atoms with van der Waals surface area (Å²) in [4.78, 5) is 2.43. The Morgan fingerprint density at radius 2 is 0.825 bits per heavy atom. The Morgan fingerprint density at radius 3 is 1.57 bits per heavy atom. The SMILES string of the molecule is c1ccc(N(c2cccc(-c3ccc4c5ccccc5c5c(ccc6oc7ccccc7c65)c4c3)c2)c2ccc3c(c2)C2(c4ccccc4-c4ccccc42)c2ccccc2-3)cc1. The van der Waals surface area contributed by atoms with Crippen molar-refractivity contribution < 1.29 is 4.42 Å². The lowest BCUT2D eigenvalue weighted by Crippen LogP contribution is -2.26. The quantitative estimate of drug-likeness (QED) is 0.165. The fraction of sp³-hybridized carbons (Fsp3) is 0.0164. The normalized spacial score (nSPS) is 13.2. The van der Waals surface area contributed by atoms with Crippen LogP contribution in [0.5, 0.6) is 0 Å². The summed E-state index contributed by atoms with van der Waals surface area (Å²) in [5.74, 6) is 0. The highest BCUT2D eigenvalue weighted by Crippen LogP contribution is 2.63. The predicted molar refractivity (Wildman–Crippen MR) is 263 cm³/mol. The predicted octanol–water partition coefficient (Wildman–Crippen LogP) is 16.5. The standard InChI is InChI=1S/C61H37NO/c1-2-16-40(17-3-1)62(42-30-32-48-47-22-8-12-27-55(47)61(56(48)37-42)53-25-10-6-20-45(53)46-21-7-11-26-54(46)61)41-18-14-15-38(35-41)39-29-31-44-43-19-4-5-23-49(43)59-50(52(44)36-39)33-34-58-60(59)51-24-9-13-28-57(51)63-58/h1-37H. The molecule has 63 heavy (non-hydrogen) atoms. The molecule has 292 valence electrons. The number of benzene rings is 11. The van der Waals surface area contributed by atoms with E-state index in [9.17, 15) is 0 Å². The minimum atomic E-state index is -0.425. The van der Waals surface area contributed by atoms with Gasteiger partial charge in [-0.3, -0.25) is 0 Å². The number of furan rings is 1. The van der Waals surface area contributed by atoms with Crippen LogP contribution in [-0.4, -0.2) is 0 Å². The van der Waals surface area contributed by atoms with Gasteiger partial charge in [-0.15, -0.1) is 0 Å². The first-order valence-corrected chi connectivity index (χ1v) is 21.8. The zero-order chi connectivity index (χ0) is 41.2. The molecule has 2 aliphatic rings. The Balaban J connectivity index is 0.971. The summed E-state index contributed by atoms with van der Waals surface area (Å²) in [5, 5.41) is 9.77. The second-order valence-electron chi connectivity index (χ2n) is 17.1. The summed E-state index contributed by atoms with van der Waals surface area (Å²) in [6, 6.07) is 82.8. The monoisotopic (exact) mass is 799 g/mol. The number of hydrogen-bond donors (Lipinski definition) is 0.